The molecule has 1 aromatic heterocycles. The zero-order chi connectivity index (χ0) is 13.7. The van der Waals surface area contributed by atoms with Gasteiger partial charge in [0.2, 0.25) is 0 Å². The van der Waals surface area contributed by atoms with Crippen LogP contribution >= 0.6 is 0 Å². The van der Waals surface area contributed by atoms with Crippen LogP contribution in [0.1, 0.15) is 37.0 Å². The number of carbonyl (C=O) groups excluding carboxylic acids is 1. The number of likely N-dealkylation sites (tertiary alicyclic amines) is 1. The van der Waals surface area contributed by atoms with Gasteiger partial charge in [-0.25, -0.2) is 0 Å². The van der Waals surface area contributed by atoms with Crippen LogP contribution in [0, 0.1) is 5.92 Å². The Morgan fingerprint density at radius 1 is 1.42 bits per heavy atom. The number of carbonyl (C=O) groups is 1. The molecule has 2 heterocycles. The van der Waals surface area contributed by atoms with Gasteiger partial charge in [0.15, 0.2) is 0 Å². The Bertz CT molecular complexity index is 399. The standard InChI is InChI=1S/C15H23N3O/c1-12(2)14(18-8-3-4-9-18)11-17-15(19)13-6-5-7-16-10-13/h5-7,10,12,14H,3-4,8-9,11H2,1-2H3,(H,17,19). The summed E-state index contributed by atoms with van der Waals surface area (Å²) in [4.78, 5) is 18.5. The number of nitrogens with zero attached hydrogens (tertiary/aromatic N) is 2. The Kier molecular flexibility index (Phi) is 4.91. The van der Waals surface area contributed by atoms with Crippen LogP contribution < -0.4 is 5.32 Å². The van der Waals surface area contributed by atoms with Crippen LogP contribution in [-0.4, -0.2) is 41.5 Å². The minimum atomic E-state index is -0.0297. The third kappa shape index (κ3) is 3.77. The van der Waals surface area contributed by atoms with Crippen molar-refractivity contribution in [3.63, 3.8) is 0 Å². The van der Waals surface area contributed by atoms with E-state index in [1.165, 1.54) is 12.8 Å². The van der Waals surface area contributed by atoms with Gasteiger partial charge in [-0.05, 0) is 44.0 Å². The summed E-state index contributed by atoms with van der Waals surface area (Å²) in [5, 5.41) is 3.04. The molecule has 1 aliphatic rings. The molecule has 2 rings (SSSR count). The van der Waals surface area contributed by atoms with E-state index >= 15 is 0 Å². The van der Waals surface area contributed by atoms with E-state index < -0.39 is 0 Å². The molecule has 1 saturated heterocycles. The SMILES string of the molecule is CC(C)C(CNC(=O)c1cccnc1)N1CCCC1. The smallest absolute Gasteiger partial charge is 0.252 e. The van der Waals surface area contributed by atoms with Crippen LogP contribution in [0.25, 0.3) is 0 Å². The molecule has 0 aromatic carbocycles. The quantitative estimate of drug-likeness (QED) is 0.881. The Morgan fingerprint density at radius 2 is 2.16 bits per heavy atom. The number of hydrogen-bond donors (Lipinski definition) is 1. The summed E-state index contributed by atoms with van der Waals surface area (Å²) in [7, 11) is 0. The highest BCUT2D eigenvalue weighted by molar-refractivity contribution is 5.93. The van der Waals surface area contributed by atoms with Crippen molar-refractivity contribution in [3.05, 3.63) is 30.1 Å². The van der Waals surface area contributed by atoms with Crippen molar-refractivity contribution in [2.75, 3.05) is 19.6 Å². The van der Waals surface area contributed by atoms with Crippen molar-refractivity contribution in [1.82, 2.24) is 15.2 Å². The molecule has 1 fully saturated rings. The molecule has 1 aromatic rings. The fourth-order valence-corrected chi connectivity index (χ4v) is 2.66. The maximum absolute atomic E-state index is 12.0. The van der Waals surface area contributed by atoms with E-state index in [0.29, 0.717) is 24.1 Å². The summed E-state index contributed by atoms with van der Waals surface area (Å²) in [5.74, 6) is 0.519. The van der Waals surface area contributed by atoms with Crippen LogP contribution in [0.2, 0.25) is 0 Å². The zero-order valence-electron chi connectivity index (χ0n) is 11.8. The molecule has 4 heteroatoms. The summed E-state index contributed by atoms with van der Waals surface area (Å²) in [6, 6.07) is 4.01. The summed E-state index contributed by atoms with van der Waals surface area (Å²) in [6.45, 7) is 7.47. The van der Waals surface area contributed by atoms with Gasteiger partial charge in [-0.1, -0.05) is 13.8 Å². The Hall–Kier alpha value is -1.42. The minimum Gasteiger partial charge on any atom is -0.350 e. The summed E-state index contributed by atoms with van der Waals surface area (Å²) in [5.41, 5.74) is 0.631. The van der Waals surface area contributed by atoms with E-state index in [9.17, 15) is 4.79 Å². The van der Waals surface area contributed by atoms with Crippen molar-refractivity contribution < 1.29 is 4.79 Å². The van der Waals surface area contributed by atoms with Crippen molar-refractivity contribution in [2.24, 2.45) is 5.92 Å². The fraction of sp³-hybridized carbons (Fsp3) is 0.600. The predicted octanol–water partition coefficient (Wildman–Crippen LogP) is 1.93. The fourth-order valence-electron chi connectivity index (χ4n) is 2.66. The second-order valence-electron chi connectivity index (χ2n) is 5.51. The molecule has 4 nitrogen and oxygen atoms in total. The second kappa shape index (κ2) is 6.66. The van der Waals surface area contributed by atoms with Gasteiger partial charge in [-0.3, -0.25) is 14.7 Å². The van der Waals surface area contributed by atoms with Crippen LogP contribution in [-0.2, 0) is 0 Å². The first-order valence-corrected chi connectivity index (χ1v) is 7.11. The first kappa shape index (κ1) is 14.0. The lowest BCUT2D eigenvalue weighted by Gasteiger charge is -2.31. The van der Waals surface area contributed by atoms with Crippen LogP contribution in [0.3, 0.4) is 0 Å². The molecule has 0 saturated carbocycles. The van der Waals surface area contributed by atoms with E-state index in [4.69, 9.17) is 0 Å². The Morgan fingerprint density at radius 3 is 2.74 bits per heavy atom. The number of pyridine rings is 1. The molecule has 0 bridgehead atoms. The number of rotatable bonds is 5. The van der Waals surface area contributed by atoms with E-state index in [1.807, 2.05) is 0 Å². The minimum absolute atomic E-state index is 0.0297. The van der Waals surface area contributed by atoms with Crippen LogP contribution in [0.15, 0.2) is 24.5 Å². The van der Waals surface area contributed by atoms with Crippen molar-refractivity contribution in [2.45, 2.75) is 32.7 Å². The molecule has 0 aliphatic carbocycles. The van der Waals surface area contributed by atoms with Gasteiger partial charge in [0, 0.05) is 25.0 Å². The molecule has 1 unspecified atom stereocenters. The molecule has 104 valence electrons. The lowest BCUT2D eigenvalue weighted by molar-refractivity contribution is 0.0927. The van der Waals surface area contributed by atoms with Gasteiger partial charge >= 0.3 is 0 Å². The van der Waals surface area contributed by atoms with Gasteiger partial charge in [-0.2, -0.15) is 0 Å². The summed E-state index contributed by atoms with van der Waals surface area (Å²) >= 11 is 0. The first-order valence-electron chi connectivity index (χ1n) is 7.11. The number of hydrogen-bond acceptors (Lipinski definition) is 3. The number of amides is 1. The van der Waals surface area contributed by atoms with E-state index in [-0.39, 0.29) is 5.91 Å². The molecule has 1 atom stereocenters. The van der Waals surface area contributed by atoms with Crippen molar-refractivity contribution in [1.29, 1.82) is 0 Å². The maximum Gasteiger partial charge on any atom is 0.252 e. The molecule has 0 radical (unpaired) electrons. The van der Waals surface area contributed by atoms with E-state index in [2.05, 4.69) is 29.0 Å². The van der Waals surface area contributed by atoms with Crippen molar-refractivity contribution >= 4 is 5.91 Å². The van der Waals surface area contributed by atoms with Gasteiger partial charge in [-0.15, -0.1) is 0 Å². The Balaban J connectivity index is 1.90. The van der Waals surface area contributed by atoms with Crippen molar-refractivity contribution in [3.8, 4) is 0 Å². The normalized spacial score (nSPS) is 17.6. The third-order valence-electron chi connectivity index (χ3n) is 3.77. The third-order valence-corrected chi connectivity index (χ3v) is 3.77. The molecule has 19 heavy (non-hydrogen) atoms. The average molecular weight is 261 g/mol. The molecule has 1 aliphatic heterocycles. The molecular formula is C15H23N3O. The Labute approximate surface area is 115 Å². The predicted molar refractivity (Wildman–Crippen MR) is 76.0 cm³/mol. The molecule has 1 amide bonds. The van der Waals surface area contributed by atoms with Gasteiger partial charge in [0.25, 0.3) is 5.91 Å². The largest absolute Gasteiger partial charge is 0.350 e. The van der Waals surface area contributed by atoms with Gasteiger partial charge in [0.05, 0.1) is 5.56 Å². The number of nitrogens with one attached hydrogen (secondary N) is 1. The first-order chi connectivity index (χ1) is 9.18. The van der Waals surface area contributed by atoms with E-state index in [0.717, 1.165) is 13.1 Å². The highest BCUT2D eigenvalue weighted by Gasteiger charge is 2.24. The summed E-state index contributed by atoms with van der Waals surface area (Å²) in [6.07, 6.45) is 5.84. The lowest BCUT2D eigenvalue weighted by atomic mass is 10.0. The topological polar surface area (TPSA) is 45.2 Å². The second-order valence-corrected chi connectivity index (χ2v) is 5.51. The highest BCUT2D eigenvalue weighted by Crippen LogP contribution is 2.17. The van der Waals surface area contributed by atoms with Gasteiger partial charge < -0.3 is 5.32 Å². The highest BCUT2D eigenvalue weighted by atomic mass is 16.1. The molecular weight excluding hydrogens is 238 g/mol. The zero-order valence-corrected chi connectivity index (χ0v) is 11.8. The lowest BCUT2D eigenvalue weighted by Crippen LogP contribution is -2.45. The summed E-state index contributed by atoms with van der Waals surface area (Å²) < 4.78 is 0. The van der Waals surface area contributed by atoms with Gasteiger partial charge in [0.1, 0.15) is 0 Å². The number of aromatic nitrogens is 1. The molecule has 1 N–H and O–H groups in total. The maximum atomic E-state index is 12.0. The van der Waals surface area contributed by atoms with Crippen LogP contribution in [0.4, 0.5) is 0 Å². The average Bonchev–Trinajstić information content (AvgIpc) is 2.93. The van der Waals surface area contributed by atoms with Crippen LogP contribution in [0.5, 0.6) is 0 Å². The van der Waals surface area contributed by atoms with E-state index in [1.54, 1.807) is 24.5 Å². The molecule has 0 spiro atoms. The monoisotopic (exact) mass is 261 g/mol.